The minimum atomic E-state index is -3.79. The van der Waals surface area contributed by atoms with Gasteiger partial charge in [0.1, 0.15) is 5.82 Å². The molecule has 10 heteroatoms. The van der Waals surface area contributed by atoms with Crippen LogP contribution in [0.15, 0.2) is 29.2 Å². The van der Waals surface area contributed by atoms with Gasteiger partial charge in [0.25, 0.3) is 0 Å². The minimum absolute atomic E-state index is 0.0253. The van der Waals surface area contributed by atoms with Gasteiger partial charge in [0, 0.05) is 39.3 Å². The zero-order valence-electron chi connectivity index (χ0n) is 18.7. The van der Waals surface area contributed by atoms with Crippen LogP contribution in [0.25, 0.3) is 0 Å². The van der Waals surface area contributed by atoms with Crippen LogP contribution in [0, 0.1) is 17.7 Å². The SMILES string of the molecule is CC(C)COC(=O)N1CCCN(C(=O)C2CCCN(S(=O)(=O)c3ccc(F)cc3)C2)CC1. The summed E-state index contributed by atoms with van der Waals surface area (Å²) in [4.78, 5) is 28.8. The number of nitrogens with zero attached hydrogens (tertiary/aromatic N) is 3. The Kier molecular flexibility index (Phi) is 8.10. The summed E-state index contributed by atoms with van der Waals surface area (Å²) in [5.41, 5.74) is 0. The molecular weight excluding hydrogens is 437 g/mol. The van der Waals surface area contributed by atoms with Crippen molar-refractivity contribution in [1.29, 1.82) is 0 Å². The van der Waals surface area contributed by atoms with Gasteiger partial charge in [0.05, 0.1) is 17.4 Å². The molecule has 1 atom stereocenters. The molecule has 2 aliphatic rings. The molecule has 0 N–H and O–H groups in total. The van der Waals surface area contributed by atoms with Crippen LogP contribution < -0.4 is 0 Å². The first kappa shape index (κ1) is 24.4. The predicted molar refractivity (Wildman–Crippen MR) is 117 cm³/mol. The smallest absolute Gasteiger partial charge is 0.409 e. The van der Waals surface area contributed by atoms with Crippen molar-refractivity contribution in [1.82, 2.24) is 14.1 Å². The molecule has 8 nitrogen and oxygen atoms in total. The third kappa shape index (κ3) is 5.98. The number of hydrogen-bond donors (Lipinski definition) is 0. The second-order valence-corrected chi connectivity index (χ2v) is 10.7. The van der Waals surface area contributed by atoms with E-state index in [1.165, 1.54) is 16.4 Å². The summed E-state index contributed by atoms with van der Waals surface area (Å²) in [5, 5.41) is 0. The number of hydrogen-bond acceptors (Lipinski definition) is 5. The molecule has 0 saturated carbocycles. The van der Waals surface area contributed by atoms with Crippen LogP contribution in [-0.4, -0.2) is 80.4 Å². The van der Waals surface area contributed by atoms with Crippen molar-refractivity contribution in [2.75, 3.05) is 45.9 Å². The highest BCUT2D eigenvalue weighted by Crippen LogP contribution is 2.25. The Balaban J connectivity index is 1.60. The Morgan fingerprint density at radius 3 is 2.38 bits per heavy atom. The molecule has 0 bridgehead atoms. The highest BCUT2D eigenvalue weighted by molar-refractivity contribution is 7.89. The standard InChI is InChI=1S/C22H32FN3O5S/c1-17(2)16-31-22(28)25-11-4-10-24(13-14-25)21(27)18-5-3-12-26(15-18)32(29,30)20-8-6-19(23)7-9-20/h6-9,17-18H,3-5,10-16H2,1-2H3. The third-order valence-corrected chi connectivity index (χ3v) is 7.67. The molecule has 2 saturated heterocycles. The zero-order chi connectivity index (χ0) is 23.3. The average molecular weight is 470 g/mol. The molecule has 2 fully saturated rings. The average Bonchev–Trinajstić information content (AvgIpc) is 3.04. The third-order valence-electron chi connectivity index (χ3n) is 5.79. The Morgan fingerprint density at radius 1 is 1.03 bits per heavy atom. The Morgan fingerprint density at radius 2 is 1.69 bits per heavy atom. The second-order valence-electron chi connectivity index (χ2n) is 8.79. The molecule has 1 aromatic rings. The Bertz CT molecular complexity index is 907. The fourth-order valence-electron chi connectivity index (χ4n) is 4.03. The number of sulfonamides is 1. The molecule has 32 heavy (non-hydrogen) atoms. The van der Waals surface area contributed by atoms with Gasteiger partial charge in [-0.2, -0.15) is 4.31 Å². The number of benzene rings is 1. The second kappa shape index (κ2) is 10.6. The molecule has 0 aromatic heterocycles. The van der Waals surface area contributed by atoms with E-state index in [9.17, 15) is 22.4 Å². The first-order valence-electron chi connectivity index (χ1n) is 11.1. The summed E-state index contributed by atoms with van der Waals surface area (Å²) in [7, 11) is -3.79. The number of ether oxygens (including phenoxy) is 1. The molecule has 3 rings (SSSR count). The van der Waals surface area contributed by atoms with E-state index >= 15 is 0 Å². The van der Waals surface area contributed by atoms with Crippen LogP contribution in [0.4, 0.5) is 9.18 Å². The summed E-state index contributed by atoms with van der Waals surface area (Å²) in [6, 6.07) is 4.74. The first-order chi connectivity index (χ1) is 15.2. The number of amides is 2. The van der Waals surface area contributed by atoms with Gasteiger partial charge in [-0.15, -0.1) is 0 Å². The van der Waals surface area contributed by atoms with E-state index in [0.29, 0.717) is 58.6 Å². The summed E-state index contributed by atoms with van der Waals surface area (Å²) in [6.45, 7) is 6.58. The van der Waals surface area contributed by atoms with Gasteiger partial charge in [-0.1, -0.05) is 13.8 Å². The molecule has 0 aliphatic carbocycles. The van der Waals surface area contributed by atoms with Gasteiger partial charge in [-0.3, -0.25) is 4.79 Å². The fraction of sp³-hybridized carbons (Fsp3) is 0.636. The predicted octanol–water partition coefficient (Wildman–Crippen LogP) is 2.55. The summed E-state index contributed by atoms with van der Waals surface area (Å²) in [6.07, 6.45) is 1.48. The molecule has 178 valence electrons. The number of piperidine rings is 1. The van der Waals surface area contributed by atoms with E-state index in [1.807, 2.05) is 13.8 Å². The maximum absolute atomic E-state index is 13.2. The van der Waals surface area contributed by atoms with E-state index in [-0.39, 0.29) is 29.4 Å². The largest absolute Gasteiger partial charge is 0.449 e. The monoisotopic (exact) mass is 469 g/mol. The highest BCUT2D eigenvalue weighted by atomic mass is 32.2. The van der Waals surface area contributed by atoms with Crippen molar-refractivity contribution in [3.8, 4) is 0 Å². The molecular formula is C22H32FN3O5S. The van der Waals surface area contributed by atoms with Crippen LogP contribution in [0.5, 0.6) is 0 Å². The van der Waals surface area contributed by atoms with E-state index in [4.69, 9.17) is 4.74 Å². The highest BCUT2D eigenvalue weighted by Gasteiger charge is 2.35. The summed E-state index contributed by atoms with van der Waals surface area (Å²) in [5.74, 6) is -0.761. The van der Waals surface area contributed by atoms with Gasteiger partial charge in [-0.25, -0.2) is 17.6 Å². The number of halogens is 1. The lowest BCUT2D eigenvalue weighted by atomic mass is 9.98. The maximum atomic E-state index is 13.2. The maximum Gasteiger partial charge on any atom is 0.409 e. The lowest BCUT2D eigenvalue weighted by molar-refractivity contribution is -0.136. The number of carbonyl (C=O) groups is 2. The van der Waals surface area contributed by atoms with Gasteiger partial charge in [0.15, 0.2) is 0 Å². The van der Waals surface area contributed by atoms with E-state index < -0.39 is 21.8 Å². The van der Waals surface area contributed by atoms with E-state index in [0.717, 1.165) is 12.1 Å². The van der Waals surface area contributed by atoms with Crippen molar-refractivity contribution < 1.29 is 27.1 Å². The van der Waals surface area contributed by atoms with E-state index in [1.54, 1.807) is 9.80 Å². The van der Waals surface area contributed by atoms with Gasteiger partial charge in [-0.05, 0) is 49.4 Å². The van der Waals surface area contributed by atoms with Crippen LogP contribution in [0.1, 0.15) is 33.1 Å². The van der Waals surface area contributed by atoms with Crippen LogP contribution in [0.3, 0.4) is 0 Å². The summed E-state index contributed by atoms with van der Waals surface area (Å²) < 4.78 is 45.7. The van der Waals surface area contributed by atoms with Gasteiger partial charge < -0.3 is 14.5 Å². The number of rotatable bonds is 5. The van der Waals surface area contributed by atoms with E-state index in [2.05, 4.69) is 0 Å². The van der Waals surface area contributed by atoms with Crippen molar-refractivity contribution >= 4 is 22.0 Å². The van der Waals surface area contributed by atoms with Crippen LogP contribution in [-0.2, 0) is 19.6 Å². The van der Waals surface area contributed by atoms with Gasteiger partial charge in [0.2, 0.25) is 15.9 Å². The Labute approximate surface area is 189 Å². The Hall–Kier alpha value is -2.20. The lowest BCUT2D eigenvalue weighted by Crippen LogP contribution is -2.47. The van der Waals surface area contributed by atoms with Crippen molar-refractivity contribution in [2.24, 2.45) is 11.8 Å². The lowest BCUT2D eigenvalue weighted by Gasteiger charge is -2.34. The molecule has 1 unspecified atom stereocenters. The molecule has 0 spiro atoms. The molecule has 1 aromatic carbocycles. The molecule has 0 radical (unpaired) electrons. The van der Waals surface area contributed by atoms with Crippen molar-refractivity contribution in [3.05, 3.63) is 30.1 Å². The quantitative estimate of drug-likeness (QED) is 0.662. The number of carbonyl (C=O) groups excluding carboxylic acids is 2. The first-order valence-corrected chi connectivity index (χ1v) is 12.6. The zero-order valence-corrected chi connectivity index (χ0v) is 19.5. The summed E-state index contributed by atoms with van der Waals surface area (Å²) >= 11 is 0. The fourth-order valence-corrected chi connectivity index (χ4v) is 5.55. The topological polar surface area (TPSA) is 87.2 Å². The van der Waals surface area contributed by atoms with Crippen molar-refractivity contribution in [3.63, 3.8) is 0 Å². The molecule has 2 amide bonds. The molecule has 2 aliphatic heterocycles. The normalized spacial score (nSPS) is 20.8. The minimum Gasteiger partial charge on any atom is -0.449 e. The molecule has 2 heterocycles. The van der Waals surface area contributed by atoms with Crippen molar-refractivity contribution in [2.45, 2.75) is 38.0 Å². The van der Waals surface area contributed by atoms with Crippen LogP contribution >= 0.6 is 0 Å². The van der Waals surface area contributed by atoms with Gasteiger partial charge >= 0.3 is 6.09 Å². The van der Waals surface area contributed by atoms with Crippen LogP contribution in [0.2, 0.25) is 0 Å².